The second-order valence-corrected chi connectivity index (χ2v) is 4.27. The molecule has 1 fully saturated rings. The Kier molecular flexibility index (Phi) is 2.29. The maximum atomic E-state index is 5.80. The third-order valence-corrected chi connectivity index (χ3v) is 2.67. The number of aromatic nitrogens is 2. The Balaban J connectivity index is 1.82. The molecule has 1 aromatic heterocycles. The number of halogens is 1. The Morgan fingerprint density at radius 1 is 1.19 bits per heavy atom. The van der Waals surface area contributed by atoms with Crippen molar-refractivity contribution < 1.29 is 4.42 Å². The smallest absolute Gasteiger partial charge is 0.315 e. The average molecular weight is 236 g/mol. The van der Waals surface area contributed by atoms with Crippen molar-refractivity contribution in [2.45, 2.75) is 18.9 Å². The summed E-state index contributed by atoms with van der Waals surface area (Å²) < 4.78 is 5.48. The number of anilines is 1. The summed E-state index contributed by atoms with van der Waals surface area (Å²) in [6.07, 6.45) is 2.36. The van der Waals surface area contributed by atoms with Gasteiger partial charge in [0.05, 0.1) is 0 Å². The van der Waals surface area contributed by atoms with Crippen molar-refractivity contribution in [2.24, 2.45) is 0 Å². The van der Waals surface area contributed by atoms with Crippen LogP contribution < -0.4 is 5.32 Å². The number of hydrogen-bond donors (Lipinski definition) is 1. The van der Waals surface area contributed by atoms with Crippen LogP contribution in [0.15, 0.2) is 28.7 Å². The maximum absolute atomic E-state index is 5.80. The van der Waals surface area contributed by atoms with Crippen molar-refractivity contribution >= 4 is 17.6 Å². The van der Waals surface area contributed by atoms with E-state index in [1.165, 1.54) is 12.8 Å². The highest BCUT2D eigenvalue weighted by atomic mass is 35.5. The van der Waals surface area contributed by atoms with Crippen LogP contribution in [0, 0.1) is 0 Å². The zero-order valence-electron chi connectivity index (χ0n) is 8.48. The highest BCUT2D eigenvalue weighted by Gasteiger charge is 2.23. The number of nitrogens with one attached hydrogen (secondary N) is 1. The molecule has 5 heteroatoms. The molecular formula is C11H10ClN3O. The number of benzene rings is 1. The maximum Gasteiger partial charge on any atom is 0.315 e. The SMILES string of the molecule is Clc1ccc(-c2nnc(NC3CC3)o2)cc1. The molecule has 1 heterocycles. The third-order valence-electron chi connectivity index (χ3n) is 2.42. The van der Waals surface area contributed by atoms with Gasteiger partial charge in [0.15, 0.2) is 0 Å². The Morgan fingerprint density at radius 3 is 2.62 bits per heavy atom. The van der Waals surface area contributed by atoms with Crippen LogP contribution in [0.2, 0.25) is 5.02 Å². The fraction of sp³-hybridized carbons (Fsp3) is 0.273. The van der Waals surface area contributed by atoms with Gasteiger partial charge in [0.1, 0.15) is 0 Å². The van der Waals surface area contributed by atoms with E-state index in [1.54, 1.807) is 12.1 Å². The molecule has 4 nitrogen and oxygen atoms in total. The Bertz CT molecular complexity index is 490. The molecule has 1 aliphatic rings. The van der Waals surface area contributed by atoms with Gasteiger partial charge in [-0.2, -0.15) is 0 Å². The molecular weight excluding hydrogens is 226 g/mol. The minimum Gasteiger partial charge on any atom is -0.403 e. The first kappa shape index (κ1) is 9.66. The molecule has 0 atom stereocenters. The Hall–Kier alpha value is -1.55. The summed E-state index contributed by atoms with van der Waals surface area (Å²) in [6.45, 7) is 0. The van der Waals surface area contributed by atoms with Crippen LogP contribution in [-0.2, 0) is 0 Å². The molecule has 1 N–H and O–H groups in total. The van der Waals surface area contributed by atoms with E-state index >= 15 is 0 Å². The third kappa shape index (κ3) is 2.02. The molecule has 0 radical (unpaired) electrons. The van der Waals surface area contributed by atoms with Crippen LogP contribution in [0.4, 0.5) is 6.01 Å². The van der Waals surface area contributed by atoms with Crippen LogP contribution in [0.5, 0.6) is 0 Å². The number of hydrogen-bond acceptors (Lipinski definition) is 4. The summed E-state index contributed by atoms with van der Waals surface area (Å²) in [5, 5.41) is 11.8. The molecule has 1 aromatic carbocycles. The second-order valence-electron chi connectivity index (χ2n) is 3.84. The van der Waals surface area contributed by atoms with Gasteiger partial charge in [0.2, 0.25) is 5.89 Å². The van der Waals surface area contributed by atoms with Crippen LogP contribution in [0.25, 0.3) is 11.5 Å². The topological polar surface area (TPSA) is 51.0 Å². The zero-order chi connectivity index (χ0) is 11.0. The van der Waals surface area contributed by atoms with E-state index < -0.39 is 0 Å². The molecule has 1 aliphatic carbocycles. The van der Waals surface area contributed by atoms with Crippen molar-refractivity contribution in [1.29, 1.82) is 0 Å². The van der Waals surface area contributed by atoms with Crippen molar-refractivity contribution in [3.8, 4) is 11.5 Å². The van der Waals surface area contributed by atoms with Crippen LogP contribution in [0.3, 0.4) is 0 Å². The second kappa shape index (κ2) is 3.79. The van der Waals surface area contributed by atoms with Gasteiger partial charge in [0.25, 0.3) is 0 Å². The molecule has 1 saturated carbocycles. The predicted molar refractivity (Wildman–Crippen MR) is 61.4 cm³/mol. The van der Waals surface area contributed by atoms with Gasteiger partial charge in [0, 0.05) is 16.6 Å². The summed E-state index contributed by atoms with van der Waals surface area (Å²) in [5.41, 5.74) is 0.876. The van der Waals surface area contributed by atoms with Crippen molar-refractivity contribution in [2.75, 3.05) is 5.32 Å². The molecule has 0 aliphatic heterocycles. The fourth-order valence-corrected chi connectivity index (χ4v) is 1.52. The molecule has 0 amide bonds. The molecule has 16 heavy (non-hydrogen) atoms. The first-order valence-electron chi connectivity index (χ1n) is 5.17. The minimum absolute atomic E-state index is 0.493. The number of nitrogens with zero attached hydrogens (tertiary/aromatic N) is 2. The van der Waals surface area contributed by atoms with Gasteiger partial charge in [-0.1, -0.05) is 16.7 Å². The van der Waals surface area contributed by atoms with Gasteiger partial charge in [-0.05, 0) is 37.1 Å². The van der Waals surface area contributed by atoms with E-state index in [0.717, 1.165) is 5.56 Å². The van der Waals surface area contributed by atoms with Gasteiger partial charge in [-0.25, -0.2) is 0 Å². The predicted octanol–water partition coefficient (Wildman–Crippen LogP) is 2.96. The molecule has 3 rings (SSSR count). The highest BCUT2D eigenvalue weighted by molar-refractivity contribution is 6.30. The quantitative estimate of drug-likeness (QED) is 0.889. The monoisotopic (exact) mass is 235 g/mol. The summed E-state index contributed by atoms with van der Waals surface area (Å²) in [5.74, 6) is 0.514. The lowest BCUT2D eigenvalue weighted by Gasteiger charge is -1.95. The first-order chi connectivity index (χ1) is 7.81. The number of rotatable bonds is 3. The Morgan fingerprint density at radius 2 is 1.94 bits per heavy atom. The standard InChI is InChI=1S/C11H10ClN3O/c12-8-3-1-7(2-4-8)10-14-15-11(16-10)13-9-5-6-9/h1-4,9H,5-6H2,(H,13,15). The van der Waals surface area contributed by atoms with Gasteiger partial charge in [-0.3, -0.25) is 0 Å². The lowest BCUT2D eigenvalue weighted by molar-refractivity contribution is 0.580. The van der Waals surface area contributed by atoms with Crippen molar-refractivity contribution in [3.63, 3.8) is 0 Å². The van der Waals surface area contributed by atoms with E-state index in [2.05, 4.69) is 15.5 Å². The summed E-state index contributed by atoms with van der Waals surface area (Å²) in [4.78, 5) is 0. The molecule has 0 unspecified atom stereocenters. The first-order valence-corrected chi connectivity index (χ1v) is 5.55. The van der Waals surface area contributed by atoms with E-state index in [1.807, 2.05) is 12.1 Å². The zero-order valence-corrected chi connectivity index (χ0v) is 9.24. The summed E-state index contributed by atoms with van der Waals surface area (Å²) in [6, 6.07) is 8.32. The van der Waals surface area contributed by atoms with Crippen LogP contribution in [-0.4, -0.2) is 16.2 Å². The summed E-state index contributed by atoms with van der Waals surface area (Å²) in [7, 11) is 0. The van der Waals surface area contributed by atoms with E-state index in [0.29, 0.717) is 23.0 Å². The van der Waals surface area contributed by atoms with Crippen LogP contribution in [0.1, 0.15) is 12.8 Å². The Labute approximate surface area is 97.6 Å². The van der Waals surface area contributed by atoms with Crippen molar-refractivity contribution in [1.82, 2.24) is 10.2 Å². The van der Waals surface area contributed by atoms with E-state index in [9.17, 15) is 0 Å². The normalized spacial score (nSPS) is 15.1. The average Bonchev–Trinajstić information content (AvgIpc) is 2.97. The van der Waals surface area contributed by atoms with Gasteiger partial charge < -0.3 is 9.73 Å². The van der Waals surface area contributed by atoms with Crippen molar-refractivity contribution in [3.05, 3.63) is 29.3 Å². The summed E-state index contributed by atoms with van der Waals surface area (Å²) >= 11 is 5.80. The lowest BCUT2D eigenvalue weighted by atomic mass is 10.2. The largest absolute Gasteiger partial charge is 0.403 e. The van der Waals surface area contributed by atoms with E-state index in [4.69, 9.17) is 16.0 Å². The fourth-order valence-electron chi connectivity index (χ4n) is 1.39. The molecule has 2 aromatic rings. The molecule has 0 spiro atoms. The lowest BCUT2D eigenvalue weighted by Crippen LogP contribution is -2.00. The van der Waals surface area contributed by atoms with E-state index in [-0.39, 0.29) is 0 Å². The highest BCUT2D eigenvalue weighted by Crippen LogP contribution is 2.26. The molecule has 0 saturated heterocycles. The molecule has 82 valence electrons. The van der Waals surface area contributed by atoms with Crippen LogP contribution >= 0.6 is 11.6 Å². The van der Waals surface area contributed by atoms with Gasteiger partial charge in [-0.15, -0.1) is 5.10 Å². The minimum atomic E-state index is 0.493. The van der Waals surface area contributed by atoms with Gasteiger partial charge >= 0.3 is 6.01 Å². The molecule has 0 bridgehead atoms.